The van der Waals surface area contributed by atoms with E-state index in [4.69, 9.17) is 19.9 Å². The maximum atomic E-state index is 16.4. The molecule has 4 heterocycles. The first-order chi connectivity index (χ1) is 22.4. The van der Waals surface area contributed by atoms with Crippen LogP contribution in [-0.2, 0) is 9.47 Å². The molecule has 5 N–H and O–H groups in total. The highest BCUT2D eigenvalue weighted by molar-refractivity contribution is 6.06. The van der Waals surface area contributed by atoms with E-state index in [-0.39, 0.29) is 73.9 Å². The Hall–Kier alpha value is -3.69. The van der Waals surface area contributed by atoms with E-state index in [1.807, 2.05) is 0 Å². The molecule has 0 unspecified atom stereocenters. The standard InChI is InChI=1S/C33H40F3N5O6/c1-32(44)15-40(13-23(14-42)47-16-32)30(38-18-46-17-33-6-3-7-41(33)12-21(35)11-33)26-28(37)27(36)29(39-31(26)45-2)25-10-22(43)8-19-4-5-20(34)9-24(19)25/h4-5,8-10,21,23,42-44H,3,6-7,11-18H2,1-2H3,(H2,37,39)/b38-30+/t21-,23-,32+,33+/m1/s1. The monoisotopic (exact) mass is 659 g/mol. The maximum Gasteiger partial charge on any atom is 0.227 e. The number of rotatable bonds is 8. The number of aliphatic hydroxyl groups is 2. The largest absolute Gasteiger partial charge is 0.508 e. The Kier molecular flexibility index (Phi) is 9.24. The van der Waals surface area contributed by atoms with Crippen LogP contribution >= 0.6 is 0 Å². The molecule has 14 heteroatoms. The molecule has 3 aliphatic rings. The number of methoxy groups -OCH3 is 1. The van der Waals surface area contributed by atoms with Gasteiger partial charge in [0, 0.05) is 30.6 Å². The third-order valence-electron chi connectivity index (χ3n) is 9.24. The third-order valence-corrected chi connectivity index (χ3v) is 9.24. The number of alkyl halides is 1. The first-order valence-electron chi connectivity index (χ1n) is 15.6. The second-order valence-corrected chi connectivity index (χ2v) is 13.0. The van der Waals surface area contributed by atoms with Crippen LogP contribution < -0.4 is 10.5 Å². The fourth-order valence-electron chi connectivity index (χ4n) is 7.13. The number of amidine groups is 1. The highest BCUT2D eigenvalue weighted by Gasteiger charge is 2.48. The number of hydrogen-bond acceptors (Lipinski definition) is 10. The smallest absolute Gasteiger partial charge is 0.227 e. The fraction of sp³-hybridized carbons (Fsp3) is 0.515. The Morgan fingerprint density at radius 2 is 2.04 bits per heavy atom. The summed E-state index contributed by atoms with van der Waals surface area (Å²) in [6.45, 7) is 2.33. The lowest BCUT2D eigenvalue weighted by atomic mass is 9.95. The Balaban J connectivity index is 1.43. The van der Waals surface area contributed by atoms with Crippen LogP contribution in [0.25, 0.3) is 22.0 Å². The Labute approximate surface area is 270 Å². The number of nitrogens with two attached hydrogens (primary N) is 1. The van der Waals surface area contributed by atoms with Crippen molar-refractivity contribution < 1.29 is 42.7 Å². The molecule has 0 amide bonds. The van der Waals surface area contributed by atoms with Crippen molar-refractivity contribution >= 4 is 22.3 Å². The second-order valence-electron chi connectivity index (χ2n) is 13.0. The molecule has 6 rings (SSSR count). The number of ether oxygens (including phenoxy) is 3. The van der Waals surface area contributed by atoms with Crippen molar-refractivity contribution in [3.05, 3.63) is 47.5 Å². The first-order valence-corrected chi connectivity index (χ1v) is 15.6. The molecule has 3 aromatic rings. The van der Waals surface area contributed by atoms with Crippen molar-refractivity contribution in [2.24, 2.45) is 4.99 Å². The predicted octanol–water partition coefficient (Wildman–Crippen LogP) is 3.22. The molecular weight excluding hydrogens is 619 g/mol. The van der Waals surface area contributed by atoms with Gasteiger partial charge in [0.1, 0.15) is 47.2 Å². The molecule has 0 radical (unpaired) electrons. The van der Waals surface area contributed by atoms with Gasteiger partial charge in [0.05, 0.1) is 45.3 Å². The fourth-order valence-corrected chi connectivity index (χ4v) is 7.13. The number of hydrogen-bond donors (Lipinski definition) is 4. The number of aromatic hydroxyl groups is 1. The summed E-state index contributed by atoms with van der Waals surface area (Å²) in [6, 6.07) is 6.58. The normalized spacial score (nSPS) is 27.0. The average Bonchev–Trinajstić information content (AvgIpc) is 3.50. The number of fused-ring (bicyclic) bond motifs is 2. The zero-order valence-corrected chi connectivity index (χ0v) is 26.4. The predicted molar refractivity (Wildman–Crippen MR) is 169 cm³/mol. The molecule has 0 aliphatic carbocycles. The van der Waals surface area contributed by atoms with Gasteiger partial charge in [-0.15, -0.1) is 0 Å². The van der Waals surface area contributed by atoms with E-state index in [0.29, 0.717) is 23.7 Å². The molecule has 3 aliphatic heterocycles. The number of aliphatic imine (C=N–C) groups is 1. The summed E-state index contributed by atoms with van der Waals surface area (Å²) in [6.07, 6.45) is 0.476. The summed E-state index contributed by atoms with van der Waals surface area (Å²) in [5.74, 6) is -1.78. The Morgan fingerprint density at radius 3 is 2.81 bits per heavy atom. The summed E-state index contributed by atoms with van der Waals surface area (Å²) in [7, 11) is 1.32. The number of nitrogens with zero attached hydrogens (tertiary/aromatic N) is 4. The number of halogens is 3. The van der Waals surface area contributed by atoms with E-state index in [1.165, 1.54) is 37.4 Å². The molecule has 0 saturated carbocycles. The molecule has 254 valence electrons. The Morgan fingerprint density at radius 1 is 1.23 bits per heavy atom. The summed E-state index contributed by atoms with van der Waals surface area (Å²) in [5.41, 5.74) is 4.07. The number of anilines is 1. The van der Waals surface area contributed by atoms with Crippen LogP contribution in [0, 0.1) is 11.6 Å². The highest BCUT2D eigenvalue weighted by atomic mass is 19.1. The summed E-state index contributed by atoms with van der Waals surface area (Å²) < 4.78 is 62.4. The minimum atomic E-state index is -1.40. The van der Waals surface area contributed by atoms with Crippen LogP contribution in [0.1, 0.15) is 31.7 Å². The lowest BCUT2D eigenvalue weighted by Crippen LogP contribution is -2.46. The van der Waals surface area contributed by atoms with Crippen LogP contribution in [0.3, 0.4) is 0 Å². The number of phenolic OH excluding ortho intramolecular Hbond substituents is 1. The number of phenols is 1. The van der Waals surface area contributed by atoms with Gasteiger partial charge in [-0.05, 0) is 61.3 Å². The maximum absolute atomic E-state index is 16.4. The summed E-state index contributed by atoms with van der Waals surface area (Å²) >= 11 is 0. The number of nitrogen functional groups attached to an aromatic ring is 1. The lowest BCUT2D eigenvalue weighted by molar-refractivity contribution is -0.0532. The SMILES string of the molecule is COc1nc(-c2cc(O)cc3ccc(F)cc23)c(F)c(N)c1/C(=N\COC[C@@]12CCCN1C[C@H](F)C2)N1C[C@H](CO)OC[C@@](C)(O)C1. The second kappa shape index (κ2) is 13.1. The van der Waals surface area contributed by atoms with Gasteiger partial charge >= 0.3 is 0 Å². The van der Waals surface area contributed by atoms with Crippen molar-refractivity contribution in [2.45, 2.75) is 49.6 Å². The lowest BCUT2D eigenvalue weighted by Gasteiger charge is -2.32. The van der Waals surface area contributed by atoms with Gasteiger partial charge in [-0.2, -0.15) is 0 Å². The van der Waals surface area contributed by atoms with Crippen LogP contribution in [-0.4, -0.2) is 119 Å². The minimum Gasteiger partial charge on any atom is -0.508 e. The molecule has 0 spiro atoms. The molecule has 11 nitrogen and oxygen atoms in total. The molecule has 47 heavy (non-hydrogen) atoms. The zero-order valence-electron chi connectivity index (χ0n) is 26.4. The molecule has 4 atom stereocenters. The average molecular weight is 660 g/mol. The minimum absolute atomic E-state index is 0.0345. The van der Waals surface area contributed by atoms with Gasteiger partial charge in [-0.3, -0.25) is 4.90 Å². The van der Waals surface area contributed by atoms with Crippen molar-refractivity contribution in [3.8, 4) is 22.9 Å². The van der Waals surface area contributed by atoms with Crippen LogP contribution in [0.4, 0.5) is 18.9 Å². The number of benzene rings is 2. The van der Waals surface area contributed by atoms with Crippen molar-refractivity contribution in [1.29, 1.82) is 0 Å². The van der Waals surface area contributed by atoms with E-state index in [1.54, 1.807) is 11.8 Å². The van der Waals surface area contributed by atoms with Crippen LogP contribution in [0.2, 0.25) is 0 Å². The van der Waals surface area contributed by atoms with Crippen LogP contribution in [0.5, 0.6) is 11.6 Å². The topological polar surface area (TPSA) is 146 Å². The zero-order chi connectivity index (χ0) is 33.5. The summed E-state index contributed by atoms with van der Waals surface area (Å²) in [4.78, 5) is 12.9. The molecule has 1 aromatic heterocycles. The Bertz CT molecular complexity index is 1680. The quantitative estimate of drug-likeness (QED) is 0.162. The van der Waals surface area contributed by atoms with Crippen molar-refractivity contribution in [1.82, 2.24) is 14.8 Å². The van der Waals surface area contributed by atoms with E-state index in [0.717, 1.165) is 19.4 Å². The van der Waals surface area contributed by atoms with E-state index in [9.17, 15) is 24.1 Å². The molecule has 2 aromatic carbocycles. The highest BCUT2D eigenvalue weighted by Crippen LogP contribution is 2.41. The van der Waals surface area contributed by atoms with E-state index in [2.05, 4.69) is 14.9 Å². The van der Waals surface area contributed by atoms with Crippen molar-refractivity contribution in [2.75, 3.05) is 65.6 Å². The van der Waals surface area contributed by atoms with Crippen LogP contribution in [0.15, 0.2) is 35.3 Å². The van der Waals surface area contributed by atoms with Gasteiger partial charge in [0.15, 0.2) is 5.82 Å². The van der Waals surface area contributed by atoms with E-state index < -0.39 is 40.7 Å². The number of pyridine rings is 1. The molecular formula is C33H40F3N5O6. The van der Waals surface area contributed by atoms with Gasteiger partial charge < -0.3 is 40.2 Å². The number of aromatic nitrogens is 1. The molecule has 3 fully saturated rings. The number of aliphatic hydroxyl groups excluding tert-OH is 1. The molecule has 3 saturated heterocycles. The first kappa shape index (κ1) is 33.2. The van der Waals surface area contributed by atoms with E-state index >= 15 is 4.39 Å². The van der Waals surface area contributed by atoms with Gasteiger partial charge in [0.2, 0.25) is 5.88 Å². The van der Waals surface area contributed by atoms with Gasteiger partial charge in [-0.1, -0.05) is 6.07 Å². The number of β-amino-alcohol motifs (C(OH)–C–C–N with tert-alkyl or cyclic N) is 1. The van der Waals surface area contributed by atoms with Gasteiger partial charge in [-0.25, -0.2) is 23.1 Å². The molecule has 0 bridgehead atoms. The van der Waals surface area contributed by atoms with Gasteiger partial charge in [0.25, 0.3) is 0 Å². The third kappa shape index (κ3) is 6.57. The summed E-state index contributed by atoms with van der Waals surface area (Å²) in [5, 5.41) is 32.2. The van der Waals surface area contributed by atoms with Crippen molar-refractivity contribution in [3.63, 3.8) is 0 Å².